The van der Waals surface area contributed by atoms with Gasteiger partial charge in [-0.05, 0) is 11.6 Å². The van der Waals surface area contributed by atoms with E-state index in [0.29, 0.717) is 0 Å². The Hall–Kier alpha value is -1.77. The topological polar surface area (TPSA) is 35.5 Å². The zero-order chi connectivity index (χ0) is 10.4. The fourth-order valence-electron chi connectivity index (χ4n) is 1.05. The van der Waals surface area contributed by atoms with Crippen LogP contribution < -0.4 is 0 Å². The van der Waals surface area contributed by atoms with Gasteiger partial charge in [0.15, 0.2) is 0 Å². The Morgan fingerprint density at radius 2 is 2.07 bits per heavy atom. The van der Waals surface area contributed by atoms with Crippen molar-refractivity contribution in [3.63, 3.8) is 0 Å². The molecule has 1 rings (SSSR count). The first-order valence-corrected chi connectivity index (χ1v) is 4.20. The van der Waals surface area contributed by atoms with E-state index in [1.165, 1.54) is 7.11 Å². The summed E-state index contributed by atoms with van der Waals surface area (Å²) in [5.41, 5.74) is 0.868. The molecular weight excluding hydrogens is 180 g/mol. The van der Waals surface area contributed by atoms with Gasteiger partial charge < -0.3 is 9.47 Å². The maximum atomic E-state index is 10.9. The Morgan fingerprint density at radius 3 is 2.57 bits per heavy atom. The lowest BCUT2D eigenvalue weighted by molar-refractivity contribution is 0.0523. The van der Waals surface area contributed by atoms with Crippen molar-refractivity contribution >= 4 is 6.16 Å². The molecule has 1 aromatic rings. The normalized spacial score (nSPS) is 11.5. The molecule has 0 amide bonds. The van der Waals surface area contributed by atoms with Crippen molar-refractivity contribution in [2.45, 2.75) is 6.10 Å². The van der Waals surface area contributed by atoms with Crippen LogP contribution in [-0.2, 0) is 9.47 Å². The first kappa shape index (κ1) is 10.3. The van der Waals surface area contributed by atoms with Gasteiger partial charge in [0.25, 0.3) is 0 Å². The molecule has 1 atom stereocenters. The summed E-state index contributed by atoms with van der Waals surface area (Å²) >= 11 is 0. The second-order valence-corrected chi connectivity index (χ2v) is 2.64. The van der Waals surface area contributed by atoms with Gasteiger partial charge in [-0.25, -0.2) is 4.79 Å². The van der Waals surface area contributed by atoms with E-state index >= 15 is 0 Å². The van der Waals surface area contributed by atoms with Crippen molar-refractivity contribution in [1.29, 1.82) is 0 Å². The zero-order valence-electron chi connectivity index (χ0n) is 7.97. The fraction of sp³-hybridized carbons (Fsp3) is 0.182. The number of carbonyl (C=O) groups is 1. The predicted octanol–water partition coefficient (Wildman–Crippen LogP) is 2.70. The van der Waals surface area contributed by atoms with Crippen molar-refractivity contribution in [2.75, 3.05) is 7.11 Å². The molecule has 0 spiro atoms. The standard InChI is InChI=1S/C11H12O3/c1-3-10(14-11(12)13-2)9-7-5-4-6-8-9/h3-8,10H,1H2,2H3. The van der Waals surface area contributed by atoms with E-state index in [4.69, 9.17) is 4.74 Å². The van der Waals surface area contributed by atoms with Gasteiger partial charge in [-0.1, -0.05) is 36.9 Å². The molecule has 1 unspecified atom stereocenters. The molecule has 0 aliphatic carbocycles. The summed E-state index contributed by atoms with van der Waals surface area (Å²) in [4.78, 5) is 10.9. The highest BCUT2D eigenvalue weighted by Crippen LogP contribution is 2.18. The number of rotatable bonds is 3. The summed E-state index contributed by atoms with van der Waals surface area (Å²) in [6.07, 6.45) is 0.383. The smallest absolute Gasteiger partial charge is 0.438 e. The molecule has 1 aromatic carbocycles. The lowest BCUT2D eigenvalue weighted by Gasteiger charge is -2.12. The van der Waals surface area contributed by atoms with Crippen LogP contribution in [0.5, 0.6) is 0 Å². The van der Waals surface area contributed by atoms with Crippen molar-refractivity contribution in [2.24, 2.45) is 0 Å². The van der Waals surface area contributed by atoms with Gasteiger partial charge >= 0.3 is 6.16 Å². The van der Waals surface area contributed by atoms with Gasteiger partial charge in [0.05, 0.1) is 7.11 Å². The summed E-state index contributed by atoms with van der Waals surface area (Å²) in [7, 11) is 1.27. The van der Waals surface area contributed by atoms with Gasteiger partial charge in [0.2, 0.25) is 0 Å². The zero-order valence-corrected chi connectivity index (χ0v) is 7.97. The quantitative estimate of drug-likeness (QED) is 0.545. The van der Waals surface area contributed by atoms with Crippen molar-refractivity contribution in [3.8, 4) is 0 Å². The van der Waals surface area contributed by atoms with Crippen LogP contribution in [0.1, 0.15) is 11.7 Å². The molecular formula is C11H12O3. The Kier molecular flexibility index (Phi) is 3.73. The van der Waals surface area contributed by atoms with Crippen LogP contribution in [0, 0.1) is 0 Å². The Bertz CT molecular complexity index is 306. The minimum Gasteiger partial charge on any atom is -0.438 e. The van der Waals surface area contributed by atoms with Crippen molar-refractivity contribution in [1.82, 2.24) is 0 Å². The monoisotopic (exact) mass is 192 g/mol. The van der Waals surface area contributed by atoms with Gasteiger partial charge in [-0.15, -0.1) is 0 Å². The van der Waals surface area contributed by atoms with E-state index in [-0.39, 0.29) is 0 Å². The Balaban J connectivity index is 2.73. The molecule has 0 fully saturated rings. The Labute approximate surface area is 83.0 Å². The van der Waals surface area contributed by atoms with Crippen LogP contribution in [0.25, 0.3) is 0 Å². The third kappa shape index (κ3) is 2.62. The van der Waals surface area contributed by atoms with E-state index in [9.17, 15) is 4.79 Å². The number of methoxy groups -OCH3 is 1. The summed E-state index contributed by atoms with van der Waals surface area (Å²) in [6, 6.07) is 9.34. The van der Waals surface area contributed by atoms with Crippen LogP contribution in [0.15, 0.2) is 43.0 Å². The maximum Gasteiger partial charge on any atom is 0.508 e. The summed E-state index contributed by atoms with van der Waals surface area (Å²) < 4.78 is 9.35. The largest absolute Gasteiger partial charge is 0.508 e. The molecule has 0 N–H and O–H groups in total. The molecule has 0 aromatic heterocycles. The number of hydrogen-bond donors (Lipinski definition) is 0. The number of hydrogen-bond acceptors (Lipinski definition) is 3. The lowest BCUT2D eigenvalue weighted by atomic mass is 10.1. The molecule has 0 heterocycles. The molecule has 0 aliphatic heterocycles. The SMILES string of the molecule is C=CC(OC(=O)OC)c1ccccc1. The minimum absolute atomic E-state index is 0.455. The number of carbonyl (C=O) groups excluding carboxylic acids is 1. The second kappa shape index (κ2) is 5.07. The summed E-state index contributed by atoms with van der Waals surface area (Å²) in [5.74, 6) is 0. The van der Waals surface area contributed by atoms with Crippen molar-refractivity contribution < 1.29 is 14.3 Å². The fourth-order valence-corrected chi connectivity index (χ4v) is 1.05. The van der Waals surface area contributed by atoms with Crippen LogP contribution in [0.4, 0.5) is 4.79 Å². The van der Waals surface area contributed by atoms with E-state index in [1.54, 1.807) is 6.08 Å². The van der Waals surface area contributed by atoms with Crippen LogP contribution in [0.3, 0.4) is 0 Å². The van der Waals surface area contributed by atoms with E-state index in [2.05, 4.69) is 11.3 Å². The van der Waals surface area contributed by atoms with Crippen LogP contribution >= 0.6 is 0 Å². The average molecular weight is 192 g/mol. The highest BCUT2D eigenvalue weighted by Gasteiger charge is 2.12. The van der Waals surface area contributed by atoms with Crippen LogP contribution in [0.2, 0.25) is 0 Å². The molecule has 0 bridgehead atoms. The molecule has 0 saturated heterocycles. The average Bonchev–Trinajstić information content (AvgIpc) is 2.26. The molecule has 0 radical (unpaired) electrons. The predicted molar refractivity (Wildman–Crippen MR) is 52.9 cm³/mol. The highest BCUT2D eigenvalue weighted by molar-refractivity contribution is 5.60. The Morgan fingerprint density at radius 1 is 1.43 bits per heavy atom. The van der Waals surface area contributed by atoms with Gasteiger partial charge in [-0.2, -0.15) is 0 Å². The molecule has 74 valence electrons. The molecule has 14 heavy (non-hydrogen) atoms. The number of benzene rings is 1. The van der Waals surface area contributed by atoms with Gasteiger partial charge in [0.1, 0.15) is 6.10 Å². The number of ether oxygens (including phenoxy) is 2. The van der Waals surface area contributed by atoms with Gasteiger partial charge in [0, 0.05) is 0 Å². The molecule has 3 heteroatoms. The molecule has 0 saturated carbocycles. The molecule has 0 aliphatic rings. The first-order valence-electron chi connectivity index (χ1n) is 4.20. The van der Waals surface area contributed by atoms with E-state index in [0.717, 1.165) is 5.56 Å². The van der Waals surface area contributed by atoms with Crippen LogP contribution in [-0.4, -0.2) is 13.3 Å². The summed E-state index contributed by atoms with van der Waals surface area (Å²) in [6.45, 7) is 3.59. The van der Waals surface area contributed by atoms with E-state index in [1.807, 2.05) is 30.3 Å². The molecule has 3 nitrogen and oxygen atoms in total. The third-order valence-electron chi connectivity index (χ3n) is 1.73. The van der Waals surface area contributed by atoms with Crippen molar-refractivity contribution in [3.05, 3.63) is 48.6 Å². The minimum atomic E-state index is -0.709. The summed E-state index contributed by atoms with van der Waals surface area (Å²) in [5, 5.41) is 0. The van der Waals surface area contributed by atoms with E-state index < -0.39 is 12.3 Å². The lowest BCUT2D eigenvalue weighted by Crippen LogP contribution is -2.09. The highest BCUT2D eigenvalue weighted by atomic mass is 16.7. The first-order chi connectivity index (χ1) is 6.77. The second-order valence-electron chi connectivity index (χ2n) is 2.64. The maximum absolute atomic E-state index is 10.9. The third-order valence-corrected chi connectivity index (χ3v) is 1.73. The van der Waals surface area contributed by atoms with Gasteiger partial charge in [-0.3, -0.25) is 0 Å².